The summed E-state index contributed by atoms with van der Waals surface area (Å²) in [4.78, 5) is 27.8. The lowest BCUT2D eigenvalue weighted by Crippen LogP contribution is -2.44. The second-order valence-electron chi connectivity index (χ2n) is 6.53. The number of nitrogens with one attached hydrogen (secondary N) is 1. The molecular weight excluding hydrogens is 306 g/mol. The molecule has 0 bridgehead atoms. The van der Waals surface area contributed by atoms with Crippen molar-refractivity contribution < 1.29 is 14.3 Å². The minimum atomic E-state index is -0.162. The molecule has 1 unspecified atom stereocenters. The first kappa shape index (κ1) is 18.3. The Balaban J connectivity index is 1.93. The fourth-order valence-corrected chi connectivity index (χ4v) is 2.79. The fraction of sp³-hybridized carbons (Fsp3) is 0.556. The molecule has 2 rings (SSSR count). The van der Waals surface area contributed by atoms with Crippen LogP contribution in [0.25, 0.3) is 0 Å². The zero-order valence-corrected chi connectivity index (χ0v) is 14.9. The van der Waals surface area contributed by atoms with Gasteiger partial charge in [-0.3, -0.25) is 9.69 Å². The summed E-state index contributed by atoms with van der Waals surface area (Å²) in [7, 11) is 1.59. The van der Waals surface area contributed by atoms with Crippen molar-refractivity contribution in [2.24, 2.45) is 0 Å². The molecule has 6 heteroatoms. The Morgan fingerprint density at radius 2 is 1.88 bits per heavy atom. The molecule has 1 aromatic rings. The number of hydrogen-bond donors (Lipinski definition) is 1. The smallest absolute Gasteiger partial charge is 0.325 e. The van der Waals surface area contributed by atoms with Gasteiger partial charge in [-0.1, -0.05) is 26.0 Å². The summed E-state index contributed by atoms with van der Waals surface area (Å²) >= 11 is 0. The highest BCUT2D eigenvalue weighted by molar-refractivity contribution is 5.96. The molecule has 1 aromatic carbocycles. The Labute approximate surface area is 143 Å². The fourth-order valence-electron chi connectivity index (χ4n) is 2.79. The zero-order valence-electron chi connectivity index (χ0n) is 14.9. The number of amides is 3. The minimum absolute atomic E-state index is 0.0696. The molecule has 1 fully saturated rings. The predicted octanol–water partition coefficient (Wildman–Crippen LogP) is 2.20. The van der Waals surface area contributed by atoms with Gasteiger partial charge in [0.25, 0.3) is 0 Å². The van der Waals surface area contributed by atoms with E-state index < -0.39 is 0 Å². The molecule has 0 spiro atoms. The van der Waals surface area contributed by atoms with E-state index in [-0.39, 0.29) is 24.5 Å². The second-order valence-corrected chi connectivity index (χ2v) is 6.53. The predicted molar refractivity (Wildman–Crippen MR) is 94.3 cm³/mol. The van der Waals surface area contributed by atoms with Crippen LogP contribution in [-0.2, 0) is 9.53 Å². The molecule has 1 aliphatic heterocycles. The maximum atomic E-state index is 12.5. The van der Waals surface area contributed by atoms with Crippen LogP contribution in [-0.4, -0.2) is 56.2 Å². The highest BCUT2D eigenvalue weighted by Gasteiger charge is 2.30. The average Bonchev–Trinajstić information content (AvgIpc) is 2.88. The van der Waals surface area contributed by atoms with Gasteiger partial charge in [0.1, 0.15) is 6.54 Å². The SMILES string of the molecule is COCC(C)NC(=O)CN1CCN(c2ccc(C(C)C)cc2)C1=O. The Kier molecular flexibility index (Phi) is 6.20. The van der Waals surface area contributed by atoms with Crippen LogP contribution in [0.4, 0.5) is 10.5 Å². The van der Waals surface area contributed by atoms with Gasteiger partial charge in [-0.15, -0.1) is 0 Å². The van der Waals surface area contributed by atoms with E-state index in [1.54, 1.807) is 16.9 Å². The maximum Gasteiger partial charge on any atom is 0.325 e. The summed E-state index contributed by atoms with van der Waals surface area (Å²) in [6, 6.07) is 7.85. The molecule has 1 heterocycles. The van der Waals surface area contributed by atoms with Crippen molar-refractivity contribution in [1.82, 2.24) is 10.2 Å². The first-order valence-corrected chi connectivity index (χ1v) is 8.37. The van der Waals surface area contributed by atoms with E-state index >= 15 is 0 Å². The van der Waals surface area contributed by atoms with Crippen LogP contribution in [0, 0.1) is 0 Å². The largest absolute Gasteiger partial charge is 0.383 e. The van der Waals surface area contributed by atoms with E-state index in [2.05, 4.69) is 31.3 Å². The first-order valence-electron chi connectivity index (χ1n) is 8.37. The number of carbonyl (C=O) groups excluding carboxylic acids is 2. The number of anilines is 1. The van der Waals surface area contributed by atoms with Crippen LogP contribution in [0.2, 0.25) is 0 Å². The minimum Gasteiger partial charge on any atom is -0.383 e. The summed E-state index contributed by atoms with van der Waals surface area (Å²) in [5.74, 6) is 0.299. The van der Waals surface area contributed by atoms with Crippen LogP contribution >= 0.6 is 0 Å². The maximum absolute atomic E-state index is 12.5. The molecule has 24 heavy (non-hydrogen) atoms. The monoisotopic (exact) mass is 333 g/mol. The second kappa shape index (κ2) is 8.15. The summed E-state index contributed by atoms with van der Waals surface area (Å²) in [5.41, 5.74) is 2.12. The van der Waals surface area contributed by atoms with E-state index in [0.717, 1.165) is 5.69 Å². The molecular formula is C18H27N3O3. The molecule has 0 aliphatic carbocycles. The van der Waals surface area contributed by atoms with Crippen molar-refractivity contribution in [2.75, 3.05) is 38.3 Å². The van der Waals surface area contributed by atoms with Gasteiger partial charge in [0.15, 0.2) is 0 Å². The van der Waals surface area contributed by atoms with Crippen LogP contribution < -0.4 is 10.2 Å². The number of nitrogens with zero attached hydrogens (tertiary/aromatic N) is 2. The Morgan fingerprint density at radius 3 is 2.46 bits per heavy atom. The van der Waals surface area contributed by atoms with Gasteiger partial charge in [-0.05, 0) is 30.5 Å². The normalized spacial score (nSPS) is 16.0. The summed E-state index contributed by atoms with van der Waals surface area (Å²) < 4.78 is 4.99. The number of methoxy groups -OCH3 is 1. The molecule has 0 radical (unpaired) electrons. The molecule has 1 saturated heterocycles. The Morgan fingerprint density at radius 1 is 1.21 bits per heavy atom. The summed E-state index contributed by atoms with van der Waals surface area (Å²) in [6.07, 6.45) is 0. The molecule has 0 aromatic heterocycles. The summed E-state index contributed by atoms with van der Waals surface area (Å²) in [6.45, 7) is 7.83. The number of rotatable bonds is 7. The van der Waals surface area contributed by atoms with E-state index in [1.165, 1.54) is 5.56 Å². The number of carbonyl (C=O) groups is 2. The van der Waals surface area contributed by atoms with Gasteiger partial charge in [-0.2, -0.15) is 0 Å². The molecule has 6 nitrogen and oxygen atoms in total. The van der Waals surface area contributed by atoms with Crippen molar-refractivity contribution >= 4 is 17.6 Å². The lowest BCUT2D eigenvalue weighted by atomic mass is 10.0. The lowest BCUT2D eigenvalue weighted by molar-refractivity contribution is -0.122. The lowest BCUT2D eigenvalue weighted by Gasteiger charge is -2.20. The van der Waals surface area contributed by atoms with Crippen LogP contribution in [0.1, 0.15) is 32.3 Å². The molecule has 1 atom stereocenters. The Bertz CT molecular complexity index is 571. The van der Waals surface area contributed by atoms with Gasteiger partial charge in [-0.25, -0.2) is 4.79 Å². The van der Waals surface area contributed by atoms with E-state index in [9.17, 15) is 9.59 Å². The number of urea groups is 1. The molecule has 132 valence electrons. The number of benzene rings is 1. The van der Waals surface area contributed by atoms with Crippen LogP contribution in [0.3, 0.4) is 0 Å². The highest BCUT2D eigenvalue weighted by atomic mass is 16.5. The quantitative estimate of drug-likeness (QED) is 0.832. The Hall–Kier alpha value is -2.08. The van der Waals surface area contributed by atoms with Gasteiger partial charge in [0.2, 0.25) is 5.91 Å². The van der Waals surface area contributed by atoms with Gasteiger partial charge in [0, 0.05) is 31.9 Å². The van der Waals surface area contributed by atoms with E-state index in [1.807, 2.05) is 19.1 Å². The summed E-state index contributed by atoms with van der Waals surface area (Å²) in [5, 5.41) is 2.83. The van der Waals surface area contributed by atoms with E-state index in [4.69, 9.17) is 4.74 Å². The van der Waals surface area contributed by atoms with Crippen molar-refractivity contribution in [3.8, 4) is 0 Å². The van der Waals surface area contributed by atoms with Crippen LogP contribution in [0.15, 0.2) is 24.3 Å². The van der Waals surface area contributed by atoms with Crippen molar-refractivity contribution in [3.05, 3.63) is 29.8 Å². The number of ether oxygens (including phenoxy) is 1. The third-order valence-electron chi connectivity index (χ3n) is 4.12. The standard InChI is InChI=1S/C18H27N3O3/c1-13(2)15-5-7-16(8-6-15)21-10-9-20(18(21)23)11-17(22)19-14(3)12-24-4/h5-8,13-14H,9-12H2,1-4H3,(H,19,22). The molecule has 0 saturated carbocycles. The van der Waals surface area contributed by atoms with E-state index in [0.29, 0.717) is 25.6 Å². The average molecular weight is 333 g/mol. The van der Waals surface area contributed by atoms with Gasteiger partial charge < -0.3 is 15.0 Å². The first-order chi connectivity index (χ1) is 11.4. The third kappa shape index (κ3) is 4.47. The third-order valence-corrected chi connectivity index (χ3v) is 4.12. The van der Waals surface area contributed by atoms with Crippen molar-refractivity contribution in [3.63, 3.8) is 0 Å². The topological polar surface area (TPSA) is 61.9 Å². The molecule has 1 aliphatic rings. The zero-order chi connectivity index (χ0) is 17.7. The number of hydrogen-bond acceptors (Lipinski definition) is 3. The molecule has 3 amide bonds. The highest BCUT2D eigenvalue weighted by Crippen LogP contribution is 2.23. The van der Waals surface area contributed by atoms with Gasteiger partial charge in [0.05, 0.1) is 6.61 Å². The van der Waals surface area contributed by atoms with Crippen molar-refractivity contribution in [2.45, 2.75) is 32.7 Å². The van der Waals surface area contributed by atoms with Crippen molar-refractivity contribution in [1.29, 1.82) is 0 Å². The van der Waals surface area contributed by atoms with Crippen LogP contribution in [0.5, 0.6) is 0 Å². The van der Waals surface area contributed by atoms with Gasteiger partial charge >= 0.3 is 6.03 Å². The molecule has 1 N–H and O–H groups in total.